The maximum absolute atomic E-state index is 6.24. The molecular weight excluding hydrogens is 314 g/mol. The maximum atomic E-state index is 6.24. The zero-order chi connectivity index (χ0) is 17.8. The monoisotopic (exact) mass is 335 g/mol. The van der Waals surface area contributed by atoms with Crippen LogP contribution in [-0.2, 0) is 0 Å². The van der Waals surface area contributed by atoms with Crippen LogP contribution in [-0.4, -0.2) is 17.1 Å². The maximum Gasteiger partial charge on any atom is 0.159 e. The van der Waals surface area contributed by atoms with Crippen LogP contribution in [0.5, 0.6) is 5.75 Å². The van der Waals surface area contributed by atoms with Crippen molar-refractivity contribution in [2.75, 3.05) is 23.5 Å². The Morgan fingerprint density at radius 1 is 0.880 bits per heavy atom. The Hall–Kier alpha value is -3.28. The summed E-state index contributed by atoms with van der Waals surface area (Å²) >= 11 is 0. The number of hydrogen-bond donors (Lipinski definition) is 3. The lowest BCUT2D eigenvalue weighted by molar-refractivity contribution is 0.415. The van der Waals surface area contributed by atoms with Gasteiger partial charge in [0.05, 0.1) is 7.11 Å². The highest BCUT2D eigenvalue weighted by molar-refractivity contribution is 5.80. The van der Waals surface area contributed by atoms with E-state index in [-0.39, 0.29) is 0 Å². The molecule has 25 heavy (non-hydrogen) atoms. The fraction of sp³-hybridized carbons (Fsp3) is 0.158. The first-order valence-electron chi connectivity index (χ1n) is 7.92. The van der Waals surface area contributed by atoms with Crippen molar-refractivity contribution < 1.29 is 4.74 Å². The van der Waals surface area contributed by atoms with Crippen molar-refractivity contribution in [3.05, 3.63) is 59.9 Å². The molecule has 1 heterocycles. The van der Waals surface area contributed by atoms with Crippen molar-refractivity contribution >= 4 is 28.7 Å². The first kappa shape index (κ1) is 16.6. The summed E-state index contributed by atoms with van der Waals surface area (Å²) in [6.07, 6.45) is 1.48. The zero-order valence-corrected chi connectivity index (χ0v) is 14.5. The van der Waals surface area contributed by atoms with Crippen molar-refractivity contribution in [1.82, 2.24) is 9.97 Å². The molecule has 0 atom stereocenters. The number of aryl methyl sites for hydroxylation is 2. The molecule has 0 saturated carbocycles. The van der Waals surface area contributed by atoms with Gasteiger partial charge in [-0.3, -0.25) is 0 Å². The molecule has 0 amide bonds. The predicted octanol–water partition coefficient (Wildman–Crippen LogP) is 4.17. The topological polar surface area (TPSA) is 85.1 Å². The molecule has 0 aliphatic carbocycles. The van der Waals surface area contributed by atoms with E-state index in [4.69, 9.17) is 10.5 Å². The second-order valence-corrected chi connectivity index (χ2v) is 5.84. The number of nitrogens with two attached hydrogens (primary N) is 1. The van der Waals surface area contributed by atoms with Crippen LogP contribution in [0.2, 0.25) is 0 Å². The lowest BCUT2D eigenvalue weighted by Crippen LogP contribution is -2.05. The van der Waals surface area contributed by atoms with E-state index in [1.807, 2.05) is 36.4 Å². The van der Waals surface area contributed by atoms with Gasteiger partial charge in [-0.2, -0.15) is 0 Å². The Morgan fingerprint density at radius 2 is 1.52 bits per heavy atom. The Bertz CT molecular complexity index is 874. The van der Waals surface area contributed by atoms with E-state index in [1.54, 1.807) is 7.11 Å². The normalized spacial score (nSPS) is 10.4. The molecular formula is C19H21N5O. The summed E-state index contributed by atoms with van der Waals surface area (Å²) in [7, 11) is 1.63. The molecule has 0 spiro atoms. The smallest absolute Gasteiger partial charge is 0.159 e. The van der Waals surface area contributed by atoms with Crippen molar-refractivity contribution in [2.24, 2.45) is 0 Å². The Labute approximate surface area is 147 Å². The largest absolute Gasteiger partial charge is 0.497 e. The molecule has 0 radical (unpaired) electrons. The summed E-state index contributed by atoms with van der Waals surface area (Å²) in [6, 6.07) is 13.8. The zero-order valence-electron chi connectivity index (χ0n) is 14.5. The summed E-state index contributed by atoms with van der Waals surface area (Å²) in [4.78, 5) is 8.50. The van der Waals surface area contributed by atoms with Crippen LogP contribution in [0.1, 0.15) is 11.1 Å². The number of ether oxygens (including phenoxy) is 1. The molecule has 0 unspecified atom stereocenters. The van der Waals surface area contributed by atoms with Gasteiger partial charge in [0, 0.05) is 17.4 Å². The van der Waals surface area contributed by atoms with E-state index >= 15 is 0 Å². The molecule has 0 aliphatic rings. The van der Waals surface area contributed by atoms with E-state index in [0.717, 1.165) is 17.1 Å². The van der Waals surface area contributed by atoms with E-state index in [1.165, 1.54) is 17.5 Å². The summed E-state index contributed by atoms with van der Waals surface area (Å²) in [5.41, 5.74) is 10.8. The first-order valence-corrected chi connectivity index (χ1v) is 7.92. The van der Waals surface area contributed by atoms with Crippen molar-refractivity contribution in [2.45, 2.75) is 13.8 Å². The minimum Gasteiger partial charge on any atom is -0.497 e. The molecule has 0 fully saturated rings. The summed E-state index contributed by atoms with van der Waals surface area (Å²) in [5, 5.41) is 6.46. The summed E-state index contributed by atoms with van der Waals surface area (Å²) in [6.45, 7) is 4.11. The molecule has 6 heteroatoms. The number of methoxy groups -OCH3 is 1. The number of nitrogen functional groups attached to an aromatic ring is 1. The molecule has 2 aromatic carbocycles. The van der Waals surface area contributed by atoms with Crippen LogP contribution in [0, 0.1) is 13.8 Å². The lowest BCUT2D eigenvalue weighted by Gasteiger charge is -2.13. The highest BCUT2D eigenvalue weighted by Gasteiger charge is 2.09. The van der Waals surface area contributed by atoms with Crippen LogP contribution in [0.15, 0.2) is 48.8 Å². The number of rotatable bonds is 5. The lowest BCUT2D eigenvalue weighted by atomic mass is 10.1. The van der Waals surface area contributed by atoms with Gasteiger partial charge in [-0.05, 0) is 49.2 Å². The average Bonchev–Trinajstić information content (AvgIpc) is 2.58. The quantitative estimate of drug-likeness (QED) is 0.649. The number of benzene rings is 2. The second kappa shape index (κ2) is 7.09. The van der Waals surface area contributed by atoms with Gasteiger partial charge in [-0.25, -0.2) is 9.97 Å². The molecule has 1 aromatic heterocycles. The van der Waals surface area contributed by atoms with Crippen molar-refractivity contribution in [1.29, 1.82) is 0 Å². The third-order valence-corrected chi connectivity index (χ3v) is 3.70. The fourth-order valence-corrected chi connectivity index (χ4v) is 2.62. The van der Waals surface area contributed by atoms with Crippen LogP contribution in [0.4, 0.5) is 28.7 Å². The number of anilines is 5. The van der Waals surface area contributed by atoms with E-state index < -0.39 is 0 Å². The number of hydrogen-bond acceptors (Lipinski definition) is 6. The van der Waals surface area contributed by atoms with Gasteiger partial charge in [0.2, 0.25) is 0 Å². The molecule has 0 saturated heterocycles. The molecule has 4 N–H and O–H groups in total. The molecule has 3 aromatic rings. The minimum absolute atomic E-state index is 0.449. The summed E-state index contributed by atoms with van der Waals surface area (Å²) < 4.78 is 5.23. The van der Waals surface area contributed by atoms with Crippen LogP contribution in [0.3, 0.4) is 0 Å². The van der Waals surface area contributed by atoms with Crippen molar-refractivity contribution in [3.8, 4) is 5.75 Å². The first-order chi connectivity index (χ1) is 12.0. The third-order valence-electron chi connectivity index (χ3n) is 3.70. The molecule has 128 valence electrons. The summed E-state index contributed by atoms with van der Waals surface area (Å²) in [5.74, 6) is 1.85. The molecule has 0 aliphatic heterocycles. The van der Waals surface area contributed by atoms with E-state index in [9.17, 15) is 0 Å². The Kier molecular flexibility index (Phi) is 4.70. The average molecular weight is 335 g/mol. The molecule has 6 nitrogen and oxygen atoms in total. The van der Waals surface area contributed by atoms with Gasteiger partial charge >= 0.3 is 0 Å². The Balaban J connectivity index is 1.86. The predicted molar refractivity (Wildman–Crippen MR) is 102 cm³/mol. The van der Waals surface area contributed by atoms with Gasteiger partial charge in [0.25, 0.3) is 0 Å². The molecule has 3 rings (SSSR count). The van der Waals surface area contributed by atoms with Crippen LogP contribution < -0.4 is 21.1 Å². The fourth-order valence-electron chi connectivity index (χ4n) is 2.62. The van der Waals surface area contributed by atoms with Crippen LogP contribution in [0.25, 0.3) is 0 Å². The number of nitrogens with one attached hydrogen (secondary N) is 2. The highest BCUT2D eigenvalue weighted by atomic mass is 16.5. The minimum atomic E-state index is 0.449. The van der Waals surface area contributed by atoms with Gasteiger partial charge in [-0.1, -0.05) is 12.1 Å². The van der Waals surface area contributed by atoms with Gasteiger partial charge in [0.1, 0.15) is 17.8 Å². The highest BCUT2D eigenvalue weighted by Crippen LogP contribution is 2.29. The third kappa shape index (κ3) is 3.98. The number of nitrogens with zero attached hydrogens (tertiary/aromatic N) is 2. The molecule has 0 bridgehead atoms. The van der Waals surface area contributed by atoms with Gasteiger partial charge < -0.3 is 21.1 Å². The number of aromatic nitrogens is 2. The Morgan fingerprint density at radius 3 is 2.16 bits per heavy atom. The van der Waals surface area contributed by atoms with Crippen LogP contribution >= 0.6 is 0 Å². The standard InChI is InChI=1S/C19H21N5O/c1-12-7-13(2)9-15(8-12)24-19-17(20)18(21-11-22-19)23-14-5-4-6-16(10-14)25-3/h4-11H,20H2,1-3H3,(H2,21,22,23,24). The second-order valence-electron chi connectivity index (χ2n) is 5.84. The SMILES string of the molecule is COc1cccc(Nc2ncnc(Nc3cc(C)cc(C)c3)c2N)c1. The van der Waals surface area contributed by atoms with E-state index in [0.29, 0.717) is 17.3 Å². The van der Waals surface area contributed by atoms with Gasteiger partial charge in [-0.15, -0.1) is 0 Å². The van der Waals surface area contributed by atoms with Gasteiger partial charge in [0.15, 0.2) is 11.6 Å². The van der Waals surface area contributed by atoms with E-state index in [2.05, 4.69) is 40.5 Å². The van der Waals surface area contributed by atoms with Crippen molar-refractivity contribution in [3.63, 3.8) is 0 Å².